The van der Waals surface area contributed by atoms with E-state index >= 15 is 0 Å². The van der Waals surface area contributed by atoms with E-state index in [0.29, 0.717) is 36.8 Å². The Bertz CT molecular complexity index is 985. The molecule has 3 aliphatic heterocycles. The number of anilines is 1. The number of nitrogens with two attached hydrogens (primary N) is 2. The summed E-state index contributed by atoms with van der Waals surface area (Å²) in [6.07, 6.45) is 5.44. The second kappa shape index (κ2) is 5.99. The third-order valence-electron chi connectivity index (χ3n) is 5.24. The van der Waals surface area contributed by atoms with Crippen LogP contribution in [0.15, 0.2) is 41.5 Å². The van der Waals surface area contributed by atoms with Crippen molar-refractivity contribution in [2.24, 2.45) is 10.7 Å². The lowest BCUT2D eigenvalue weighted by Gasteiger charge is -2.39. The summed E-state index contributed by atoms with van der Waals surface area (Å²) in [4.78, 5) is 9.34. The van der Waals surface area contributed by atoms with Gasteiger partial charge < -0.3 is 25.7 Å². The van der Waals surface area contributed by atoms with Crippen molar-refractivity contribution >= 4 is 17.3 Å². The Labute approximate surface area is 156 Å². The minimum absolute atomic E-state index is 0.168. The summed E-state index contributed by atoms with van der Waals surface area (Å²) in [5.41, 5.74) is 15.8. The zero-order valence-electron chi connectivity index (χ0n) is 14.8. The van der Waals surface area contributed by atoms with E-state index in [4.69, 9.17) is 30.7 Å². The fraction of sp³-hybridized carbons (Fsp3) is 0.300. The molecule has 4 N–H and O–H groups in total. The molecule has 138 valence electrons. The molecule has 1 spiro atoms. The first kappa shape index (κ1) is 16.1. The first-order valence-electron chi connectivity index (χ1n) is 8.99. The Morgan fingerprint density at radius 1 is 1.04 bits per heavy atom. The fourth-order valence-corrected chi connectivity index (χ4v) is 3.95. The highest BCUT2D eigenvalue weighted by molar-refractivity contribution is 5.76. The Balaban J connectivity index is 1.73. The van der Waals surface area contributed by atoms with Crippen LogP contribution in [-0.4, -0.2) is 30.8 Å². The molecule has 0 aliphatic carbocycles. The van der Waals surface area contributed by atoms with Gasteiger partial charge in [0.15, 0.2) is 5.75 Å². The SMILES string of the molecule is NC1=NC2(CCO1)c1cc(N)ccc1Oc1cnc(C3=CCCOC3)cc12. The maximum absolute atomic E-state index is 6.12. The molecule has 7 nitrogen and oxygen atoms in total. The third-order valence-corrected chi connectivity index (χ3v) is 5.24. The van der Waals surface area contributed by atoms with Gasteiger partial charge in [-0.05, 0) is 36.3 Å². The summed E-state index contributed by atoms with van der Waals surface area (Å²) in [6.45, 7) is 1.76. The van der Waals surface area contributed by atoms with E-state index in [-0.39, 0.29) is 6.02 Å². The summed E-state index contributed by atoms with van der Waals surface area (Å²) in [5, 5.41) is 0. The van der Waals surface area contributed by atoms with E-state index in [1.165, 1.54) is 0 Å². The van der Waals surface area contributed by atoms with Crippen LogP contribution >= 0.6 is 0 Å². The summed E-state index contributed by atoms with van der Waals surface area (Å²) < 4.78 is 17.1. The van der Waals surface area contributed by atoms with Crippen molar-refractivity contribution in [1.29, 1.82) is 0 Å². The molecule has 5 rings (SSSR count). The van der Waals surface area contributed by atoms with Gasteiger partial charge in [0.2, 0.25) is 0 Å². The second-order valence-corrected chi connectivity index (χ2v) is 6.90. The summed E-state index contributed by atoms with van der Waals surface area (Å²) >= 11 is 0. The highest BCUT2D eigenvalue weighted by atomic mass is 16.5. The van der Waals surface area contributed by atoms with Gasteiger partial charge in [-0.1, -0.05) is 6.08 Å². The van der Waals surface area contributed by atoms with Gasteiger partial charge in [-0.15, -0.1) is 0 Å². The number of ether oxygens (including phenoxy) is 3. The van der Waals surface area contributed by atoms with Crippen LogP contribution in [0.4, 0.5) is 5.69 Å². The molecular weight excluding hydrogens is 344 g/mol. The number of nitrogens with zero attached hydrogens (tertiary/aromatic N) is 2. The quantitative estimate of drug-likeness (QED) is 0.754. The minimum Gasteiger partial charge on any atom is -0.465 e. The maximum Gasteiger partial charge on any atom is 0.283 e. The van der Waals surface area contributed by atoms with Gasteiger partial charge in [-0.2, -0.15) is 0 Å². The molecule has 0 saturated heterocycles. The lowest BCUT2D eigenvalue weighted by Crippen LogP contribution is -2.38. The molecule has 0 amide bonds. The molecule has 0 saturated carbocycles. The van der Waals surface area contributed by atoms with Crippen molar-refractivity contribution in [3.63, 3.8) is 0 Å². The first-order chi connectivity index (χ1) is 13.2. The van der Waals surface area contributed by atoms with Gasteiger partial charge >= 0.3 is 0 Å². The molecule has 7 heteroatoms. The number of nitrogen functional groups attached to an aromatic ring is 1. The van der Waals surface area contributed by atoms with Crippen molar-refractivity contribution in [2.45, 2.75) is 18.4 Å². The molecule has 27 heavy (non-hydrogen) atoms. The van der Waals surface area contributed by atoms with Gasteiger partial charge in [-0.25, -0.2) is 4.99 Å². The molecule has 1 unspecified atom stereocenters. The lowest BCUT2D eigenvalue weighted by atomic mass is 9.77. The molecule has 0 radical (unpaired) electrons. The van der Waals surface area contributed by atoms with Crippen LogP contribution in [0.25, 0.3) is 5.57 Å². The molecule has 1 atom stereocenters. The van der Waals surface area contributed by atoms with Crippen LogP contribution in [-0.2, 0) is 15.0 Å². The molecule has 3 aliphatic rings. The van der Waals surface area contributed by atoms with Crippen molar-refractivity contribution in [3.05, 3.63) is 53.4 Å². The molecular formula is C20H20N4O3. The van der Waals surface area contributed by atoms with Gasteiger partial charge in [0, 0.05) is 23.2 Å². The third kappa shape index (κ3) is 2.54. The minimum atomic E-state index is -0.700. The predicted octanol–water partition coefficient (Wildman–Crippen LogP) is 2.55. The Morgan fingerprint density at radius 2 is 1.93 bits per heavy atom. The van der Waals surface area contributed by atoms with E-state index in [0.717, 1.165) is 35.4 Å². The first-order valence-corrected chi connectivity index (χ1v) is 8.99. The summed E-state index contributed by atoms with van der Waals surface area (Å²) in [7, 11) is 0. The second-order valence-electron chi connectivity index (χ2n) is 6.90. The summed E-state index contributed by atoms with van der Waals surface area (Å²) in [6, 6.07) is 7.78. The van der Waals surface area contributed by atoms with E-state index < -0.39 is 5.54 Å². The maximum atomic E-state index is 6.12. The van der Waals surface area contributed by atoms with Gasteiger partial charge in [0.05, 0.1) is 31.7 Å². The number of hydrogen-bond acceptors (Lipinski definition) is 7. The number of benzene rings is 1. The number of aromatic nitrogens is 1. The van der Waals surface area contributed by atoms with E-state index in [1.54, 1.807) is 6.20 Å². The van der Waals surface area contributed by atoms with Gasteiger partial charge in [0.1, 0.15) is 11.3 Å². The monoisotopic (exact) mass is 364 g/mol. The van der Waals surface area contributed by atoms with Crippen LogP contribution in [0, 0.1) is 0 Å². The highest BCUT2D eigenvalue weighted by Crippen LogP contribution is 2.52. The molecule has 1 aromatic carbocycles. The lowest BCUT2D eigenvalue weighted by molar-refractivity contribution is 0.164. The van der Waals surface area contributed by atoms with Crippen LogP contribution < -0.4 is 16.2 Å². The zero-order valence-corrected chi connectivity index (χ0v) is 14.8. The van der Waals surface area contributed by atoms with Gasteiger partial charge in [0.25, 0.3) is 6.02 Å². The van der Waals surface area contributed by atoms with Gasteiger partial charge in [-0.3, -0.25) is 4.98 Å². The highest BCUT2D eigenvalue weighted by Gasteiger charge is 2.45. The number of amidine groups is 1. The number of pyridine rings is 1. The average molecular weight is 364 g/mol. The molecule has 2 aromatic rings. The molecule has 1 aromatic heterocycles. The molecule has 4 heterocycles. The van der Waals surface area contributed by atoms with Crippen LogP contribution in [0.3, 0.4) is 0 Å². The van der Waals surface area contributed by atoms with Crippen molar-refractivity contribution in [2.75, 3.05) is 25.6 Å². The largest absolute Gasteiger partial charge is 0.465 e. The predicted molar refractivity (Wildman–Crippen MR) is 102 cm³/mol. The number of hydrogen-bond donors (Lipinski definition) is 2. The van der Waals surface area contributed by atoms with Crippen LogP contribution in [0.1, 0.15) is 29.7 Å². The van der Waals surface area contributed by atoms with Crippen molar-refractivity contribution in [1.82, 2.24) is 4.98 Å². The Kier molecular flexibility index (Phi) is 3.58. The standard InChI is InChI=1S/C20H20N4O3/c21-13-3-4-17-14(8-13)20(5-7-26-19(22)24-20)15-9-16(23-10-18(15)27-17)12-2-1-6-25-11-12/h2-4,8-10H,1,5-7,11,21H2,(H2,22,24). The Hall–Kier alpha value is -3.06. The number of aliphatic imine (C=N–C) groups is 1. The topological polar surface area (TPSA) is 105 Å². The number of rotatable bonds is 1. The van der Waals surface area contributed by atoms with E-state index in [2.05, 4.69) is 11.1 Å². The molecule has 0 fully saturated rings. The normalized spacial score (nSPS) is 23.4. The summed E-state index contributed by atoms with van der Waals surface area (Å²) in [5.74, 6) is 1.39. The fourth-order valence-electron chi connectivity index (χ4n) is 3.95. The number of fused-ring (bicyclic) bond motifs is 4. The smallest absolute Gasteiger partial charge is 0.283 e. The van der Waals surface area contributed by atoms with Crippen LogP contribution in [0.2, 0.25) is 0 Å². The van der Waals surface area contributed by atoms with Crippen molar-refractivity contribution in [3.8, 4) is 11.5 Å². The van der Waals surface area contributed by atoms with E-state index in [9.17, 15) is 0 Å². The zero-order chi connectivity index (χ0) is 18.4. The van der Waals surface area contributed by atoms with Crippen LogP contribution in [0.5, 0.6) is 11.5 Å². The Morgan fingerprint density at radius 3 is 2.74 bits per heavy atom. The molecule has 0 bridgehead atoms. The van der Waals surface area contributed by atoms with E-state index in [1.807, 2.05) is 24.3 Å². The average Bonchev–Trinajstić information content (AvgIpc) is 2.69. The van der Waals surface area contributed by atoms with Crippen molar-refractivity contribution < 1.29 is 14.2 Å².